The third kappa shape index (κ3) is 4.41. The van der Waals surface area contributed by atoms with Gasteiger partial charge in [-0.1, -0.05) is 18.2 Å². The summed E-state index contributed by atoms with van der Waals surface area (Å²) in [5.41, 5.74) is 8.67. The van der Waals surface area contributed by atoms with Gasteiger partial charge in [0.2, 0.25) is 5.78 Å². The second-order valence-corrected chi connectivity index (χ2v) is 8.18. The Balaban J connectivity index is 1.21. The minimum absolute atomic E-state index is 0.0827. The van der Waals surface area contributed by atoms with Gasteiger partial charge in [0.1, 0.15) is 11.6 Å². The van der Waals surface area contributed by atoms with Crippen LogP contribution in [0.5, 0.6) is 11.5 Å². The van der Waals surface area contributed by atoms with Crippen molar-refractivity contribution in [2.24, 2.45) is 5.73 Å². The van der Waals surface area contributed by atoms with E-state index in [4.69, 9.17) is 15.2 Å². The minimum Gasteiger partial charge on any atom is -0.497 e. The van der Waals surface area contributed by atoms with Gasteiger partial charge in [0.15, 0.2) is 11.5 Å². The Kier molecular flexibility index (Phi) is 5.95. The van der Waals surface area contributed by atoms with Crippen molar-refractivity contribution < 1.29 is 23.9 Å². The average molecular weight is 482 g/mol. The van der Waals surface area contributed by atoms with Crippen LogP contribution in [0.4, 0.5) is 0 Å². The van der Waals surface area contributed by atoms with Gasteiger partial charge in [-0.15, -0.1) is 0 Å². The lowest BCUT2D eigenvalue weighted by Gasteiger charge is -2.05. The van der Waals surface area contributed by atoms with Crippen LogP contribution in [0.15, 0.2) is 66.4 Å². The van der Waals surface area contributed by atoms with E-state index in [1.54, 1.807) is 49.6 Å². The number of benzene rings is 3. The van der Waals surface area contributed by atoms with Crippen molar-refractivity contribution in [3.05, 3.63) is 94.5 Å². The van der Waals surface area contributed by atoms with Crippen LogP contribution in [0.1, 0.15) is 42.5 Å². The van der Waals surface area contributed by atoms with Crippen molar-refractivity contribution in [3.63, 3.8) is 0 Å². The summed E-state index contributed by atoms with van der Waals surface area (Å²) in [5, 5.41) is 2.88. The molecule has 9 nitrogen and oxygen atoms in total. The number of methoxy groups -OCH3 is 1. The number of aromatic amines is 1. The topological polar surface area (TPSA) is 136 Å². The summed E-state index contributed by atoms with van der Waals surface area (Å²) in [6.45, 7) is 0.407. The molecule has 180 valence electrons. The number of aromatic nitrogens is 2. The number of ether oxygens (including phenoxy) is 2. The van der Waals surface area contributed by atoms with Crippen LogP contribution in [0.2, 0.25) is 0 Å². The fourth-order valence-corrected chi connectivity index (χ4v) is 3.97. The first-order valence-corrected chi connectivity index (χ1v) is 11.2. The van der Waals surface area contributed by atoms with Crippen molar-refractivity contribution in [1.29, 1.82) is 0 Å². The predicted molar refractivity (Wildman–Crippen MR) is 133 cm³/mol. The molecule has 0 unspecified atom stereocenters. The zero-order valence-electron chi connectivity index (χ0n) is 19.3. The molecule has 2 heterocycles. The molecule has 36 heavy (non-hydrogen) atoms. The van der Waals surface area contributed by atoms with E-state index >= 15 is 0 Å². The summed E-state index contributed by atoms with van der Waals surface area (Å²) >= 11 is 0. The van der Waals surface area contributed by atoms with Gasteiger partial charge in [0, 0.05) is 24.6 Å². The lowest BCUT2D eigenvalue weighted by Crippen LogP contribution is -2.25. The van der Waals surface area contributed by atoms with Gasteiger partial charge < -0.3 is 25.5 Å². The molecule has 5 rings (SSSR count). The normalized spacial score (nSPS) is 13.5. The van der Waals surface area contributed by atoms with Crippen LogP contribution < -0.4 is 20.5 Å². The van der Waals surface area contributed by atoms with Crippen molar-refractivity contribution in [2.75, 3.05) is 13.7 Å². The summed E-state index contributed by atoms with van der Waals surface area (Å²) in [5.74, 6) is 0.533. The molecule has 1 aromatic heterocycles. The van der Waals surface area contributed by atoms with Crippen LogP contribution >= 0.6 is 0 Å². The van der Waals surface area contributed by atoms with E-state index in [1.807, 2.05) is 18.2 Å². The number of rotatable bonds is 7. The molecule has 2 amide bonds. The highest BCUT2D eigenvalue weighted by Gasteiger charge is 2.30. The van der Waals surface area contributed by atoms with Crippen molar-refractivity contribution >= 4 is 34.7 Å². The molecule has 4 N–H and O–H groups in total. The molecule has 0 radical (unpaired) electrons. The number of nitrogens with two attached hydrogens (primary N) is 1. The maximum Gasteiger partial charge on any atom is 0.252 e. The van der Waals surface area contributed by atoms with Gasteiger partial charge in [-0.2, -0.15) is 0 Å². The van der Waals surface area contributed by atoms with Crippen LogP contribution in [0.3, 0.4) is 0 Å². The molecule has 0 fully saturated rings. The maximum atomic E-state index is 12.7. The molecule has 4 aromatic rings. The molecule has 3 aromatic carbocycles. The molecule has 1 aliphatic rings. The standard InChI is InChI=1S/C27H22N4O5/c1-35-17-9-10-20-21(14-17)31-23(30-20)11-12-29-27(34)16-7-5-15(6-8-16)13-22-24(32)18-3-2-4-19(26(28)33)25(18)36-22/h2-10,13-14H,11-12H2,1H3,(H2,28,33)(H,29,34)(H,30,31)/b22-13-. The number of para-hydroxylation sites is 1. The van der Waals surface area contributed by atoms with E-state index in [0.717, 1.165) is 22.6 Å². The molecule has 0 bridgehead atoms. The Morgan fingerprint density at radius 3 is 2.69 bits per heavy atom. The number of hydrogen-bond acceptors (Lipinski definition) is 6. The van der Waals surface area contributed by atoms with Crippen molar-refractivity contribution in [1.82, 2.24) is 15.3 Å². The van der Waals surface area contributed by atoms with Crippen LogP contribution in [0, 0.1) is 0 Å². The summed E-state index contributed by atoms with van der Waals surface area (Å²) < 4.78 is 10.9. The number of primary amides is 1. The van der Waals surface area contributed by atoms with Crippen molar-refractivity contribution in [2.45, 2.75) is 6.42 Å². The number of carbonyl (C=O) groups excluding carboxylic acids is 3. The second kappa shape index (κ2) is 9.38. The largest absolute Gasteiger partial charge is 0.497 e. The number of carbonyl (C=O) groups is 3. The molecule has 0 saturated heterocycles. The van der Waals surface area contributed by atoms with Crippen LogP contribution in [-0.2, 0) is 6.42 Å². The monoisotopic (exact) mass is 482 g/mol. The molecule has 1 aliphatic heterocycles. The molecule has 0 saturated carbocycles. The summed E-state index contributed by atoms with van der Waals surface area (Å²) in [6, 6.07) is 17.0. The number of H-pyrrole nitrogens is 1. The summed E-state index contributed by atoms with van der Waals surface area (Å²) in [4.78, 5) is 44.6. The van der Waals surface area contributed by atoms with Crippen LogP contribution in [-0.4, -0.2) is 41.2 Å². The first kappa shape index (κ1) is 22.9. The third-order valence-electron chi connectivity index (χ3n) is 5.82. The molecule has 0 aliphatic carbocycles. The first-order chi connectivity index (χ1) is 17.4. The summed E-state index contributed by atoms with van der Waals surface area (Å²) in [6.07, 6.45) is 2.10. The SMILES string of the molecule is COc1ccc2nc(CCNC(=O)c3ccc(/C=C4\Oc5c(C(N)=O)cccc5C4=O)cc3)[nH]c2c1. The van der Waals surface area contributed by atoms with Gasteiger partial charge in [0.05, 0.1) is 29.3 Å². The third-order valence-corrected chi connectivity index (χ3v) is 5.82. The lowest BCUT2D eigenvalue weighted by atomic mass is 10.1. The maximum absolute atomic E-state index is 12.7. The number of nitrogens with zero attached hydrogens (tertiary/aromatic N) is 1. The number of hydrogen-bond donors (Lipinski definition) is 3. The first-order valence-electron chi connectivity index (χ1n) is 11.2. The molecule has 0 spiro atoms. The summed E-state index contributed by atoms with van der Waals surface area (Å²) in [7, 11) is 1.61. The Bertz CT molecular complexity index is 1540. The fourth-order valence-electron chi connectivity index (χ4n) is 3.97. The highest BCUT2D eigenvalue weighted by Crippen LogP contribution is 2.35. The molecular formula is C27H22N4O5. The van der Waals surface area contributed by atoms with Gasteiger partial charge >= 0.3 is 0 Å². The van der Waals surface area contributed by atoms with E-state index in [-0.39, 0.29) is 34.3 Å². The average Bonchev–Trinajstić information content (AvgIpc) is 3.43. The van der Waals surface area contributed by atoms with Crippen molar-refractivity contribution in [3.8, 4) is 11.5 Å². The van der Waals surface area contributed by atoms with Gasteiger partial charge in [0.25, 0.3) is 11.8 Å². The number of Topliss-reactive ketones (excluding diaryl/α,β-unsaturated/α-hetero) is 1. The van der Waals surface area contributed by atoms with Gasteiger partial charge in [-0.3, -0.25) is 14.4 Å². The number of nitrogens with one attached hydrogen (secondary N) is 2. The number of amides is 2. The Morgan fingerprint density at radius 1 is 1.14 bits per heavy atom. The van der Waals surface area contributed by atoms with E-state index in [2.05, 4.69) is 15.3 Å². The Morgan fingerprint density at radius 2 is 1.94 bits per heavy atom. The zero-order chi connectivity index (χ0) is 25.2. The highest BCUT2D eigenvalue weighted by molar-refractivity contribution is 6.16. The number of fused-ring (bicyclic) bond motifs is 2. The zero-order valence-corrected chi connectivity index (χ0v) is 19.3. The number of imidazole rings is 1. The van der Waals surface area contributed by atoms with Crippen LogP contribution in [0.25, 0.3) is 17.1 Å². The van der Waals surface area contributed by atoms with Gasteiger partial charge in [-0.05, 0) is 48.0 Å². The fraction of sp³-hybridized carbons (Fsp3) is 0.111. The number of allylic oxidation sites excluding steroid dienone is 1. The molecule has 0 atom stereocenters. The smallest absolute Gasteiger partial charge is 0.252 e. The Labute approximate surface area is 205 Å². The second-order valence-electron chi connectivity index (χ2n) is 8.18. The van der Waals surface area contributed by atoms with E-state index in [1.165, 1.54) is 6.07 Å². The Hall–Kier alpha value is -4.92. The molecule has 9 heteroatoms. The van der Waals surface area contributed by atoms with E-state index in [0.29, 0.717) is 24.1 Å². The highest BCUT2D eigenvalue weighted by atomic mass is 16.5. The predicted octanol–water partition coefficient (Wildman–Crippen LogP) is 3.26. The van der Waals surface area contributed by atoms with E-state index < -0.39 is 5.91 Å². The number of ketones is 1. The molecular weight excluding hydrogens is 460 g/mol. The minimum atomic E-state index is -0.670. The lowest BCUT2D eigenvalue weighted by molar-refractivity contribution is 0.0952. The van der Waals surface area contributed by atoms with Gasteiger partial charge in [-0.25, -0.2) is 4.98 Å². The van der Waals surface area contributed by atoms with E-state index in [9.17, 15) is 14.4 Å². The quantitative estimate of drug-likeness (QED) is 0.346.